The van der Waals surface area contributed by atoms with E-state index < -0.39 is 38.6 Å². The summed E-state index contributed by atoms with van der Waals surface area (Å²) in [5.74, 6) is -2.57. The first kappa shape index (κ1) is 17.9. The van der Waals surface area contributed by atoms with E-state index in [1.807, 2.05) is 0 Å². The van der Waals surface area contributed by atoms with Gasteiger partial charge in [0, 0.05) is 5.70 Å². The van der Waals surface area contributed by atoms with Gasteiger partial charge in [0.05, 0.1) is 0 Å². The molecule has 0 saturated heterocycles. The van der Waals surface area contributed by atoms with Crippen LogP contribution in [0.4, 0.5) is 13.6 Å². The van der Waals surface area contributed by atoms with Gasteiger partial charge in [-0.05, 0) is 30.7 Å². The summed E-state index contributed by atoms with van der Waals surface area (Å²) < 4.78 is 53.8. The third kappa shape index (κ3) is 3.38. The number of sulfonamides is 1. The Kier molecular flexibility index (Phi) is 4.64. The van der Waals surface area contributed by atoms with E-state index in [1.54, 1.807) is 48.1 Å². The number of rotatable bonds is 3. The van der Waals surface area contributed by atoms with Gasteiger partial charge < -0.3 is 0 Å². The molecule has 0 radical (unpaired) electrons. The molecule has 9 heteroatoms. The van der Waals surface area contributed by atoms with Crippen molar-refractivity contribution in [1.29, 1.82) is 0 Å². The molecule has 2 N–H and O–H groups in total. The van der Waals surface area contributed by atoms with Crippen LogP contribution in [0, 0.1) is 11.6 Å². The summed E-state index contributed by atoms with van der Waals surface area (Å²) in [6, 6.07) is 9.90. The van der Waals surface area contributed by atoms with E-state index in [4.69, 9.17) is 0 Å². The van der Waals surface area contributed by atoms with Crippen LogP contribution in [0.5, 0.6) is 0 Å². The SMILES string of the molecule is CC1=CC(c2ccccc2)N(C(=O)NS(=O)(=O)c2c(F)cccc2F)N1. The third-order valence-electron chi connectivity index (χ3n) is 3.75. The minimum atomic E-state index is -4.74. The molecule has 1 aliphatic rings. The van der Waals surface area contributed by atoms with Crippen LogP contribution in [0.1, 0.15) is 18.5 Å². The lowest BCUT2D eigenvalue weighted by Gasteiger charge is -2.25. The number of allylic oxidation sites excluding steroid dienone is 1. The van der Waals surface area contributed by atoms with Gasteiger partial charge in [0.25, 0.3) is 10.0 Å². The average Bonchev–Trinajstić information content (AvgIpc) is 2.97. The maximum Gasteiger partial charge on any atom is 0.350 e. The molecular formula is C17H15F2N3O3S. The molecule has 2 aromatic rings. The van der Waals surface area contributed by atoms with Crippen molar-refractivity contribution in [2.24, 2.45) is 0 Å². The fourth-order valence-electron chi connectivity index (χ4n) is 2.64. The summed E-state index contributed by atoms with van der Waals surface area (Å²) in [5, 5.41) is 1.04. The van der Waals surface area contributed by atoms with Gasteiger partial charge in [-0.1, -0.05) is 36.4 Å². The standard InChI is InChI=1S/C17H15F2N3O3S/c1-11-10-15(12-6-3-2-4-7-12)22(20-11)17(23)21-26(24,25)16-13(18)8-5-9-14(16)19/h2-10,15,20H,1H3,(H,21,23). The van der Waals surface area contributed by atoms with E-state index in [9.17, 15) is 22.0 Å². The number of hydrogen-bond donors (Lipinski definition) is 2. The maximum absolute atomic E-state index is 13.8. The molecule has 6 nitrogen and oxygen atoms in total. The van der Waals surface area contributed by atoms with Crippen molar-refractivity contribution < 1.29 is 22.0 Å². The van der Waals surface area contributed by atoms with Crippen LogP contribution in [0.2, 0.25) is 0 Å². The molecule has 0 bridgehead atoms. The highest BCUT2D eigenvalue weighted by Crippen LogP contribution is 2.27. The summed E-state index contributed by atoms with van der Waals surface area (Å²) >= 11 is 0. The fraction of sp³-hybridized carbons (Fsp3) is 0.118. The zero-order valence-corrected chi connectivity index (χ0v) is 14.4. The van der Waals surface area contributed by atoms with Crippen LogP contribution < -0.4 is 10.1 Å². The predicted octanol–water partition coefficient (Wildman–Crippen LogP) is 2.83. The van der Waals surface area contributed by atoms with Gasteiger partial charge in [0.2, 0.25) is 0 Å². The van der Waals surface area contributed by atoms with Crippen LogP contribution >= 0.6 is 0 Å². The number of hydrazine groups is 1. The lowest BCUT2D eigenvalue weighted by Crippen LogP contribution is -2.48. The summed E-state index contributed by atoms with van der Waals surface area (Å²) in [4.78, 5) is 11.3. The number of carbonyl (C=O) groups is 1. The Hall–Kier alpha value is -2.94. The highest BCUT2D eigenvalue weighted by Gasteiger charge is 2.33. The quantitative estimate of drug-likeness (QED) is 0.860. The molecule has 0 saturated carbocycles. The van der Waals surface area contributed by atoms with Gasteiger partial charge in [0.1, 0.15) is 17.7 Å². The van der Waals surface area contributed by atoms with E-state index in [0.717, 1.165) is 28.8 Å². The molecule has 0 fully saturated rings. The van der Waals surface area contributed by atoms with Crippen LogP contribution in [-0.2, 0) is 10.0 Å². The number of benzene rings is 2. The number of amides is 2. The van der Waals surface area contributed by atoms with Crippen molar-refractivity contribution in [3.8, 4) is 0 Å². The molecule has 1 heterocycles. The van der Waals surface area contributed by atoms with Crippen molar-refractivity contribution >= 4 is 16.1 Å². The van der Waals surface area contributed by atoms with Gasteiger partial charge in [-0.25, -0.2) is 31.7 Å². The number of halogens is 2. The number of carbonyl (C=O) groups excluding carboxylic acids is 1. The van der Waals surface area contributed by atoms with Gasteiger partial charge in [-0.15, -0.1) is 0 Å². The molecule has 1 unspecified atom stereocenters. The Labute approximate surface area is 149 Å². The molecule has 26 heavy (non-hydrogen) atoms. The number of nitrogens with one attached hydrogen (secondary N) is 2. The van der Waals surface area contributed by atoms with Crippen molar-refractivity contribution in [3.05, 3.63) is 77.5 Å². The Morgan fingerprint density at radius 1 is 1.08 bits per heavy atom. The average molecular weight is 379 g/mol. The van der Waals surface area contributed by atoms with Gasteiger partial charge in [-0.2, -0.15) is 0 Å². The van der Waals surface area contributed by atoms with Crippen molar-refractivity contribution in [1.82, 2.24) is 15.2 Å². The highest BCUT2D eigenvalue weighted by molar-refractivity contribution is 7.90. The van der Waals surface area contributed by atoms with Gasteiger partial charge in [0.15, 0.2) is 4.90 Å². The first-order valence-corrected chi connectivity index (χ1v) is 9.08. The molecule has 1 atom stereocenters. The summed E-state index contributed by atoms with van der Waals surface area (Å²) in [6.45, 7) is 1.70. The smallest absolute Gasteiger partial charge is 0.298 e. The maximum atomic E-state index is 13.8. The van der Waals surface area contributed by atoms with E-state index in [2.05, 4.69) is 5.43 Å². The second kappa shape index (κ2) is 6.75. The van der Waals surface area contributed by atoms with Gasteiger partial charge >= 0.3 is 6.03 Å². The van der Waals surface area contributed by atoms with E-state index in [-0.39, 0.29) is 0 Å². The Morgan fingerprint density at radius 3 is 2.31 bits per heavy atom. The summed E-state index contributed by atoms with van der Waals surface area (Å²) in [7, 11) is -4.74. The first-order chi connectivity index (χ1) is 12.3. The lowest BCUT2D eigenvalue weighted by molar-refractivity contribution is 0.179. The first-order valence-electron chi connectivity index (χ1n) is 7.59. The fourth-order valence-corrected chi connectivity index (χ4v) is 3.71. The molecule has 2 amide bonds. The Bertz CT molecular complexity index is 958. The Balaban J connectivity index is 1.88. The Morgan fingerprint density at radius 2 is 1.69 bits per heavy atom. The van der Waals surface area contributed by atoms with Crippen LogP contribution in [0.15, 0.2) is 65.2 Å². The van der Waals surface area contributed by atoms with Gasteiger partial charge in [-0.3, -0.25) is 5.43 Å². The van der Waals surface area contributed by atoms with E-state index >= 15 is 0 Å². The molecular weight excluding hydrogens is 364 g/mol. The van der Waals surface area contributed by atoms with Crippen LogP contribution in [0.25, 0.3) is 0 Å². The second-order valence-corrected chi connectivity index (χ2v) is 7.27. The zero-order valence-electron chi connectivity index (χ0n) is 13.6. The summed E-state index contributed by atoms with van der Waals surface area (Å²) in [5.41, 5.74) is 4.10. The minimum Gasteiger partial charge on any atom is -0.298 e. The van der Waals surface area contributed by atoms with E-state index in [0.29, 0.717) is 5.70 Å². The lowest BCUT2D eigenvalue weighted by atomic mass is 10.1. The third-order valence-corrected chi connectivity index (χ3v) is 5.12. The highest BCUT2D eigenvalue weighted by atomic mass is 32.2. The van der Waals surface area contributed by atoms with Crippen LogP contribution in [0.3, 0.4) is 0 Å². The molecule has 0 aliphatic carbocycles. The second-order valence-electron chi connectivity index (χ2n) is 5.65. The van der Waals surface area contributed by atoms with Crippen molar-refractivity contribution in [2.75, 3.05) is 0 Å². The number of hydrogen-bond acceptors (Lipinski definition) is 4. The molecule has 136 valence electrons. The molecule has 3 rings (SSSR count). The summed E-state index contributed by atoms with van der Waals surface area (Å²) in [6.07, 6.45) is 1.73. The molecule has 0 aromatic heterocycles. The monoisotopic (exact) mass is 379 g/mol. The largest absolute Gasteiger partial charge is 0.350 e. The zero-order chi connectivity index (χ0) is 18.9. The number of nitrogens with zero attached hydrogens (tertiary/aromatic N) is 1. The minimum absolute atomic E-state index is 0.572. The topological polar surface area (TPSA) is 78.5 Å². The van der Waals surface area contributed by atoms with E-state index in [1.165, 1.54) is 0 Å². The van der Waals surface area contributed by atoms with Crippen LogP contribution in [-0.4, -0.2) is 19.5 Å². The molecule has 1 aliphatic heterocycles. The molecule has 2 aromatic carbocycles. The predicted molar refractivity (Wildman–Crippen MR) is 90.0 cm³/mol. The molecule has 0 spiro atoms. The van der Waals surface area contributed by atoms with Crippen molar-refractivity contribution in [3.63, 3.8) is 0 Å². The van der Waals surface area contributed by atoms with Crippen molar-refractivity contribution in [2.45, 2.75) is 17.9 Å². The normalized spacial score (nSPS) is 16.8. The number of urea groups is 1.